The minimum absolute atomic E-state index is 0.0924. The summed E-state index contributed by atoms with van der Waals surface area (Å²) in [6.45, 7) is 9.64. The summed E-state index contributed by atoms with van der Waals surface area (Å²) in [5.41, 5.74) is 25.4. The van der Waals surface area contributed by atoms with Crippen LogP contribution in [-0.4, -0.2) is 0 Å². The molecule has 0 saturated carbocycles. The fourth-order valence-corrected chi connectivity index (χ4v) is 11.7. The maximum atomic E-state index is 6.47. The van der Waals surface area contributed by atoms with E-state index in [9.17, 15) is 0 Å². The van der Waals surface area contributed by atoms with Crippen LogP contribution in [0.25, 0.3) is 88.7 Å². The quantitative estimate of drug-likeness (QED) is 0.159. The Morgan fingerprint density at radius 3 is 1.50 bits per heavy atom. The van der Waals surface area contributed by atoms with E-state index in [-0.39, 0.29) is 10.8 Å². The first-order valence-electron chi connectivity index (χ1n) is 23.8. The molecule has 2 nitrogen and oxygen atoms in total. The largest absolute Gasteiger partial charge is 0.455 e. The molecular formula is C66H49NO. The molecule has 0 amide bonds. The van der Waals surface area contributed by atoms with Crippen LogP contribution in [0, 0.1) is 0 Å². The lowest BCUT2D eigenvalue weighted by atomic mass is 9.77. The summed E-state index contributed by atoms with van der Waals surface area (Å²) in [7, 11) is 0. The minimum Gasteiger partial charge on any atom is -0.455 e. The zero-order valence-corrected chi connectivity index (χ0v) is 38.7. The van der Waals surface area contributed by atoms with E-state index in [4.69, 9.17) is 4.42 Å². The number of anilines is 3. The fraction of sp³-hybridized carbons (Fsp3) is 0.0909. The van der Waals surface area contributed by atoms with Gasteiger partial charge in [0.1, 0.15) is 11.2 Å². The molecule has 0 N–H and O–H groups in total. The van der Waals surface area contributed by atoms with Crippen LogP contribution in [0.3, 0.4) is 0 Å². The van der Waals surface area contributed by atoms with Gasteiger partial charge in [-0.2, -0.15) is 0 Å². The third-order valence-corrected chi connectivity index (χ3v) is 15.1. The van der Waals surface area contributed by atoms with Gasteiger partial charge in [0.2, 0.25) is 0 Å². The summed E-state index contributed by atoms with van der Waals surface area (Å²) in [6.07, 6.45) is 0. The van der Waals surface area contributed by atoms with Crippen LogP contribution in [0.4, 0.5) is 17.1 Å². The molecule has 11 aromatic rings. The van der Waals surface area contributed by atoms with Crippen molar-refractivity contribution in [1.82, 2.24) is 0 Å². The third-order valence-electron chi connectivity index (χ3n) is 15.1. The Morgan fingerprint density at radius 2 is 0.809 bits per heavy atom. The molecule has 1 aromatic heterocycles. The minimum atomic E-state index is -0.249. The van der Waals surface area contributed by atoms with Crippen molar-refractivity contribution in [3.63, 3.8) is 0 Å². The average molecular weight is 872 g/mol. The average Bonchev–Trinajstić information content (AvgIpc) is 3.97. The van der Waals surface area contributed by atoms with Gasteiger partial charge in [0.05, 0.1) is 0 Å². The van der Waals surface area contributed by atoms with Gasteiger partial charge in [0.15, 0.2) is 0 Å². The molecule has 2 heteroatoms. The maximum absolute atomic E-state index is 6.47. The van der Waals surface area contributed by atoms with Crippen LogP contribution in [-0.2, 0) is 10.8 Å². The van der Waals surface area contributed by atoms with Crippen LogP contribution >= 0.6 is 0 Å². The number of hydrogen-bond acceptors (Lipinski definition) is 2. The zero-order valence-electron chi connectivity index (χ0n) is 38.7. The second-order valence-electron chi connectivity index (χ2n) is 19.6. The first-order valence-corrected chi connectivity index (χ1v) is 23.8. The summed E-state index contributed by atoms with van der Waals surface area (Å²) in [5.74, 6) is 0. The number of para-hydroxylation sites is 2. The van der Waals surface area contributed by atoms with Crippen molar-refractivity contribution < 1.29 is 4.42 Å². The predicted molar refractivity (Wildman–Crippen MR) is 285 cm³/mol. The molecule has 0 bridgehead atoms. The van der Waals surface area contributed by atoms with Crippen LogP contribution in [0.1, 0.15) is 49.9 Å². The van der Waals surface area contributed by atoms with Crippen molar-refractivity contribution in [2.75, 3.05) is 4.90 Å². The second-order valence-corrected chi connectivity index (χ2v) is 19.6. The molecule has 0 radical (unpaired) electrons. The van der Waals surface area contributed by atoms with Crippen molar-refractivity contribution in [1.29, 1.82) is 0 Å². The number of furan rings is 1. The van der Waals surface area contributed by atoms with E-state index >= 15 is 0 Å². The molecular weight excluding hydrogens is 823 g/mol. The molecule has 2 aliphatic carbocycles. The smallest absolute Gasteiger partial charge is 0.143 e. The van der Waals surface area contributed by atoms with Crippen LogP contribution in [0.15, 0.2) is 229 Å². The van der Waals surface area contributed by atoms with E-state index in [1.54, 1.807) is 0 Å². The standard InChI is InChI=1S/C66H49NO/c1-65(2)58-24-13-11-20-53(58)56-40-60-57(41-59(56)65)62-50(44-18-9-6-10-19-44)38-39-51(63(62)66(60,3)4)45-28-34-48(35-29-45)67(47-32-26-43(27-33-47)42-16-7-5-8-17-42)49-36-30-46(31-37-49)52-22-15-23-55-54-21-12-14-25-61(54)68-64(52)55/h5-41H,1-4H3. The van der Waals surface area contributed by atoms with Gasteiger partial charge in [-0.3, -0.25) is 0 Å². The predicted octanol–water partition coefficient (Wildman–Crippen LogP) is 18.3. The molecule has 2 aliphatic rings. The Kier molecular flexibility index (Phi) is 8.95. The Hall–Kier alpha value is -8.20. The Morgan fingerprint density at radius 1 is 0.324 bits per heavy atom. The summed E-state index contributed by atoms with van der Waals surface area (Å²) >= 11 is 0. The fourth-order valence-electron chi connectivity index (χ4n) is 11.7. The number of fused-ring (bicyclic) bond motifs is 9. The molecule has 0 spiro atoms. The number of hydrogen-bond donors (Lipinski definition) is 0. The Bertz CT molecular complexity index is 3740. The molecule has 324 valence electrons. The molecule has 0 fully saturated rings. The molecule has 0 saturated heterocycles. The lowest BCUT2D eigenvalue weighted by Crippen LogP contribution is -2.17. The van der Waals surface area contributed by atoms with Gasteiger partial charge in [0, 0.05) is 44.2 Å². The highest BCUT2D eigenvalue weighted by Crippen LogP contribution is 2.59. The van der Waals surface area contributed by atoms with E-state index < -0.39 is 0 Å². The monoisotopic (exact) mass is 871 g/mol. The highest BCUT2D eigenvalue weighted by molar-refractivity contribution is 6.09. The molecule has 0 unspecified atom stereocenters. The normalized spacial score (nSPS) is 13.8. The molecule has 13 rings (SSSR count). The van der Waals surface area contributed by atoms with Crippen LogP contribution < -0.4 is 4.90 Å². The molecule has 0 aliphatic heterocycles. The maximum Gasteiger partial charge on any atom is 0.143 e. The van der Waals surface area contributed by atoms with E-state index in [1.807, 2.05) is 12.1 Å². The van der Waals surface area contributed by atoms with Gasteiger partial charge in [0.25, 0.3) is 0 Å². The van der Waals surface area contributed by atoms with E-state index in [2.05, 4.69) is 245 Å². The molecule has 68 heavy (non-hydrogen) atoms. The van der Waals surface area contributed by atoms with Gasteiger partial charge in [-0.1, -0.05) is 198 Å². The van der Waals surface area contributed by atoms with E-state index in [0.29, 0.717) is 0 Å². The Labute approximate surface area is 398 Å². The van der Waals surface area contributed by atoms with E-state index in [0.717, 1.165) is 50.1 Å². The van der Waals surface area contributed by atoms with Crippen LogP contribution in [0.5, 0.6) is 0 Å². The van der Waals surface area contributed by atoms with Crippen molar-refractivity contribution >= 4 is 39.0 Å². The first kappa shape index (κ1) is 40.1. The topological polar surface area (TPSA) is 16.4 Å². The van der Waals surface area contributed by atoms with Gasteiger partial charge in [-0.15, -0.1) is 0 Å². The highest BCUT2D eigenvalue weighted by Gasteiger charge is 2.43. The Balaban J connectivity index is 0.929. The highest BCUT2D eigenvalue weighted by atomic mass is 16.3. The first-order chi connectivity index (χ1) is 33.2. The van der Waals surface area contributed by atoms with E-state index in [1.165, 1.54) is 77.9 Å². The SMILES string of the molecule is CC1(C)c2ccccc2-c2cc3c(cc21)-c1c(-c2ccccc2)ccc(-c2ccc(N(c4ccc(-c5ccccc5)cc4)c4ccc(-c5cccc6c5oc5ccccc56)cc4)cc2)c1C3(C)C. The lowest BCUT2D eigenvalue weighted by molar-refractivity contribution is 0.653. The summed E-state index contributed by atoms with van der Waals surface area (Å²) < 4.78 is 6.47. The van der Waals surface area contributed by atoms with Crippen molar-refractivity contribution in [3.05, 3.63) is 247 Å². The third kappa shape index (κ3) is 6.10. The number of nitrogens with zero attached hydrogens (tertiary/aromatic N) is 1. The summed E-state index contributed by atoms with van der Waals surface area (Å²) in [6, 6.07) is 82.2. The van der Waals surface area contributed by atoms with Gasteiger partial charge >= 0.3 is 0 Å². The number of benzene rings is 10. The molecule has 1 heterocycles. The van der Waals surface area contributed by atoms with Crippen molar-refractivity contribution in [2.45, 2.75) is 38.5 Å². The van der Waals surface area contributed by atoms with Gasteiger partial charge in [-0.05, 0) is 138 Å². The van der Waals surface area contributed by atoms with Gasteiger partial charge in [-0.25, -0.2) is 0 Å². The second kappa shape index (κ2) is 15.2. The van der Waals surface area contributed by atoms with Crippen molar-refractivity contribution in [2.24, 2.45) is 0 Å². The zero-order chi connectivity index (χ0) is 45.7. The molecule has 10 aromatic carbocycles. The summed E-state index contributed by atoms with van der Waals surface area (Å²) in [4.78, 5) is 2.37. The summed E-state index contributed by atoms with van der Waals surface area (Å²) in [5, 5.41) is 2.27. The van der Waals surface area contributed by atoms with Gasteiger partial charge < -0.3 is 9.32 Å². The lowest BCUT2D eigenvalue weighted by Gasteiger charge is -2.27. The molecule has 0 atom stereocenters. The number of rotatable bonds is 7. The van der Waals surface area contributed by atoms with Crippen molar-refractivity contribution in [3.8, 4) is 66.8 Å². The van der Waals surface area contributed by atoms with Crippen LogP contribution in [0.2, 0.25) is 0 Å².